The van der Waals surface area contributed by atoms with Gasteiger partial charge in [-0.05, 0) is 30.9 Å². The average Bonchev–Trinajstić information content (AvgIpc) is 2.29. The molecular formula is C14H18O. The van der Waals surface area contributed by atoms with Gasteiger partial charge in [-0.2, -0.15) is 0 Å². The topological polar surface area (TPSA) is 9.23 Å². The third-order valence-corrected chi connectivity index (χ3v) is 2.26. The number of hydrogen-bond donors (Lipinski definition) is 0. The molecule has 80 valence electrons. The third kappa shape index (κ3) is 4.56. The van der Waals surface area contributed by atoms with Crippen molar-refractivity contribution < 1.29 is 4.74 Å². The molecule has 0 bridgehead atoms. The first-order valence-corrected chi connectivity index (χ1v) is 5.58. The Kier molecular flexibility index (Phi) is 5.40. The summed E-state index contributed by atoms with van der Waals surface area (Å²) in [5, 5.41) is 0. The summed E-state index contributed by atoms with van der Waals surface area (Å²) in [5.74, 6) is 3.00. The molecule has 0 aliphatic rings. The number of hydrogen-bond acceptors (Lipinski definition) is 1. The van der Waals surface area contributed by atoms with Crippen LogP contribution < -0.4 is 0 Å². The molecule has 0 radical (unpaired) electrons. The van der Waals surface area contributed by atoms with Gasteiger partial charge in [0.25, 0.3) is 0 Å². The van der Waals surface area contributed by atoms with Crippen LogP contribution in [0.1, 0.15) is 38.7 Å². The summed E-state index contributed by atoms with van der Waals surface area (Å²) in [7, 11) is 0. The van der Waals surface area contributed by atoms with E-state index in [1.807, 2.05) is 30.3 Å². The first-order chi connectivity index (χ1) is 7.36. The first-order valence-electron chi connectivity index (χ1n) is 5.58. The molecule has 0 N–H and O–H groups in total. The highest BCUT2D eigenvalue weighted by molar-refractivity contribution is 5.32. The highest BCUT2D eigenvalue weighted by Crippen LogP contribution is 2.05. The van der Waals surface area contributed by atoms with Crippen LogP contribution in [0.25, 0.3) is 0 Å². The van der Waals surface area contributed by atoms with E-state index < -0.39 is 0 Å². The second-order valence-corrected chi connectivity index (χ2v) is 3.53. The average molecular weight is 202 g/mol. The second-order valence-electron chi connectivity index (χ2n) is 3.53. The SMILES string of the molecule is CCCC(CC)OC#Cc1ccccc1. The normalized spacial score (nSPS) is 11.3. The molecule has 0 aliphatic carbocycles. The minimum atomic E-state index is 0.284. The number of benzene rings is 1. The Morgan fingerprint density at radius 1 is 1.20 bits per heavy atom. The standard InChI is InChI=1S/C14H18O/c1-3-8-14(4-2)15-12-11-13-9-6-5-7-10-13/h5-7,9-10,14H,3-4,8H2,1-2H3. The summed E-state index contributed by atoms with van der Waals surface area (Å²) < 4.78 is 5.47. The van der Waals surface area contributed by atoms with Crippen molar-refractivity contribution in [2.24, 2.45) is 0 Å². The van der Waals surface area contributed by atoms with Gasteiger partial charge in [-0.15, -0.1) is 0 Å². The Hall–Kier alpha value is -1.42. The Labute approximate surface area is 92.5 Å². The van der Waals surface area contributed by atoms with E-state index >= 15 is 0 Å². The lowest BCUT2D eigenvalue weighted by Gasteiger charge is -2.09. The fourth-order valence-corrected chi connectivity index (χ4v) is 1.36. The summed E-state index contributed by atoms with van der Waals surface area (Å²) in [6, 6.07) is 9.91. The molecule has 0 spiro atoms. The van der Waals surface area contributed by atoms with Crippen molar-refractivity contribution in [3.8, 4) is 12.0 Å². The summed E-state index contributed by atoms with van der Waals surface area (Å²) in [5.41, 5.74) is 1.00. The third-order valence-electron chi connectivity index (χ3n) is 2.26. The van der Waals surface area contributed by atoms with Gasteiger partial charge in [0.05, 0.1) is 0 Å². The van der Waals surface area contributed by atoms with Crippen LogP contribution in [0, 0.1) is 12.0 Å². The molecule has 0 amide bonds. The number of ether oxygens (including phenoxy) is 1. The van der Waals surface area contributed by atoms with E-state index in [-0.39, 0.29) is 6.10 Å². The van der Waals surface area contributed by atoms with Crippen molar-refractivity contribution in [3.05, 3.63) is 35.9 Å². The molecule has 0 fully saturated rings. The van der Waals surface area contributed by atoms with Crippen molar-refractivity contribution in [1.29, 1.82) is 0 Å². The largest absolute Gasteiger partial charge is 0.443 e. The lowest BCUT2D eigenvalue weighted by Crippen LogP contribution is -2.07. The molecule has 0 aromatic heterocycles. The maximum Gasteiger partial charge on any atom is 0.115 e. The maximum absolute atomic E-state index is 5.47. The van der Waals surface area contributed by atoms with Crippen LogP contribution in [-0.4, -0.2) is 6.10 Å². The molecule has 0 heterocycles. The highest BCUT2D eigenvalue weighted by Gasteiger charge is 2.02. The van der Waals surface area contributed by atoms with E-state index in [4.69, 9.17) is 4.74 Å². The maximum atomic E-state index is 5.47. The van der Waals surface area contributed by atoms with Crippen molar-refractivity contribution in [1.82, 2.24) is 0 Å². The van der Waals surface area contributed by atoms with Gasteiger partial charge in [0.2, 0.25) is 0 Å². The Morgan fingerprint density at radius 2 is 1.93 bits per heavy atom. The van der Waals surface area contributed by atoms with E-state index in [0.29, 0.717) is 0 Å². The molecule has 1 aromatic carbocycles. The van der Waals surface area contributed by atoms with Gasteiger partial charge in [0.1, 0.15) is 12.2 Å². The van der Waals surface area contributed by atoms with Gasteiger partial charge in [-0.1, -0.05) is 38.5 Å². The van der Waals surface area contributed by atoms with E-state index in [1.165, 1.54) is 0 Å². The molecule has 1 unspecified atom stereocenters. The molecule has 0 saturated heterocycles. The zero-order chi connectivity index (χ0) is 10.9. The molecule has 0 aliphatic heterocycles. The molecule has 1 rings (SSSR count). The predicted octanol–water partition coefficient (Wildman–Crippen LogP) is 3.59. The number of rotatable bonds is 4. The minimum Gasteiger partial charge on any atom is -0.443 e. The van der Waals surface area contributed by atoms with E-state index in [1.54, 1.807) is 0 Å². The van der Waals surface area contributed by atoms with Crippen LogP contribution in [-0.2, 0) is 4.74 Å². The van der Waals surface area contributed by atoms with Crippen molar-refractivity contribution in [2.75, 3.05) is 0 Å². The summed E-state index contributed by atoms with van der Waals surface area (Å²) in [6.45, 7) is 4.29. The molecular weight excluding hydrogens is 184 g/mol. The fraction of sp³-hybridized carbons (Fsp3) is 0.429. The summed E-state index contributed by atoms with van der Waals surface area (Å²) >= 11 is 0. The lowest BCUT2D eigenvalue weighted by molar-refractivity contribution is 0.151. The van der Waals surface area contributed by atoms with Gasteiger partial charge in [0, 0.05) is 5.56 Å². The van der Waals surface area contributed by atoms with Gasteiger partial charge >= 0.3 is 0 Å². The van der Waals surface area contributed by atoms with Crippen LogP contribution in [0.3, 0.4) is 0 Å². The van der Waals surface area contributed by atoms with Crippen molar-refractivity contribution in [3.63, 3.8) is 0 Å². The molecule has 1 nitrogen and oxygen atoms in total. The highest BCUT2D eigenvalue weighted by atomic mass is 16.5. The quantitative estimate of drug-likeness (QED) is 0.678. The zero-order valence-electron chi connectivity index (χ0n) is 9.49. The van der Waals surface area contributed by atoms with Crippen molar-refractivity contribution >= 4 is 0 Å². The van der Waals surface area contributed by atoms with Gasteiger partial charge in [-0.3, -0.25) is 0 Å². The van der Waals surface area contributed by atoms with Crippen LogP contribution in [0.4, 0.5) is 0 Å². The molecule has 15 heavy (non-hydrogen) atoms. The van der Waals surface area contributed by atoms with E-state index in [9.17, 15) is 0 Å². The van der Waals surface area contributed by atoms with Gasteiger partial charge in [0.15, 0.2) is 0 Å². The molecule has 1 atom stereocenters. The molecule has 1 heteroatoms. The van der Waals surface area contributed by atoms with Gasteiger partial charge in [-0.25, -0.2) is 0 Å². The van der Waals surface area contributed by atoms with Crippen LogP contribution in [0.2, 0.25) is 0 Å². The predicted molar refractivity (Wildman–Crippen MR) is 63.4 cm³/mol. The van der Waals surface area contributed by atoms with Crippen LogP contribution >= 0.6 is 0 Å². The smallest absolute Gasteiger partial charge is 0.115 e. The Morgan fingerprint density at radius 3 is 2.53 bits per heavy atom. The monoisotopic (exact) mass is 202 g/mol. The zero-order valence-corrected chi connectivity index (χ0v) is 9.49. The van der Waals surface area contributed by atoms with Crippen molar-refractivity contribution in [2.45, 2.75) is 39.2 Å². The van der Waals surface area contributed by atoms with E-state index in [2.05, 4.69) is 25.9 Å². The molecule has 1 aromatic rings. The Balaban J connectivity index is 2.45. The van der Waals surface area contributed by atoms with Crippen LogP contribution in [0.5, 0.6) is 0 Å². The second kappa shape index (κ2) is 6.95. The van der Waals surface area contributed by atoms with Crippen LogP contribution in [0.15, 0.2) is 30.3 Å². The Bertz CT molecular complexity index is 318. The first kappa shape index (κ1) is 11.7. The molecule has 0 saturated carbocycles. The lowest BCUT2D eigenvalue weighted by atomic mass is 10.2. The fourth-order valence-electron chi connectivity index (χ4n) is 1.36. The summed E-state index contributed by atoms with van der Waals surface area (Å²) in [6.07, 6.45) is 6.32. The van der Waals surface area contributed by atoms with E-state index in [0.717, 1.165) is 24.8 Å². The summed E-state index contributed by atoms with van der Waals surface area (Å²) in [4.78, 5) is 0. The minimum absolute atomic E-state index is 0.284. The van der Waals surface area contributed by atoms with Gasteiger partial charge < -0.3 is 4.74 Å².